The van der Waals surface area contributed by atoms with Gasteiger partial charge in [-0.1, -0.05) is 31.2 Å². The first kappa shape index (κ1) is 10.0. The van der Waals surface area contributed by atoms with E-state index < -0.39 is 0 Å². The molecule has 1 nitrogen and oxygen atoms in total. The third-order valence-corrected chi connectivity index (χ3v) is 2.60. The van der Waals surface area contributed by atoms with Crippen LogP contribution in [-0.4, -0.2) is 6.61 Å². The highest BCUT2D eigenvalue weighted by Gasteiger charge is 1.97. The second-order valence-electron chi connectivity index (χ2n) is 3.63. The van der Waals surface area contributed by atoms with Gasteiger partial charge in [0.15, 0.2) is 0 Å². The zero-order valence-electron chi connectivity index (χ0n) is 9.29. The maximum absolute atomic E-state index is 5.47. The summed E-state index contributed by atoms with van der Waals surface area (Å²) in [4.78, 5) is 0. The zero-order chi connectivity index (χ0) is 10.7. The number of rotatable bonds is 3. The topological polar surface area (TPSA) is 9.23 Å². The summed E-state index contributed by atoms with van der Waals surface area (Å²) in [6.45, 7) is 4.90. The SMILES string of the molecule is CCOc1ccc2cc(CC)ccc2c1. The van der Waals surface area contributed by atoms with Crippen LogP contribution < -0.4 is 4.74 Å². The molecule has 15 heavy (non-hydrogen) atoms. The molecule has 0 spiro atoms. The summed E-state index contributed by atoms with van der Waals surface area (Å²) in [5, 5.41) is 2.54. The third-order valence-electron chi connectivity index (χ3n) is 2.60. The molecule has 0 bridgehead atoms. The van der Waals surface area contributed by atoms with Crippen molar-refractivity contribution in [3.8, 4) is 5.75 Å². The fraction of sp³-hybridized carbons (Fsp3) is 0.286. The average molecular weight is 200 g/mol. The Morgan fingerprint density at radius 2 is 1.67 bits per heavy atom. The van der Waals surface area contributed by atoms with Gasteiger partial charge in [0, 0.05) is 0 Å². The van der Waals surface area contributed by atoms with Crippen LogP contribution in [-0.2, 0) is 6.42 Å². The van der Waals surface area contributed by atoms with Crippen LogP contribution in [0.4, 0.5) is 0 Å². The van der Waals surface area contributed by atoms with Gasteiger partial charge < -0.3 is 4.74 Å². The van der Waals surface area contributed by atoms with Gasteiger partial charge in [-0.05, 0) is 41.8 Å². The fourth-order valence-corrected chi connectivity index (χ4v) is 1.75. The molecule has 0 aliphatic heterocycles. The molecular weight excluding hydrogens is 184 g/mol. The summed E-state index contributed by atoms with van der Waals surface area (Å²) in [6.07, 6.45) is 1.09. The van der Waals surface area contributed by atoms with Crippen molar-refractivity contribution in [2.75, 3.05) is 6.61 Å². The van der Waals surface area contributed by atoms with Gasteiger partial charge in [-0.25, -0.2) is 0 Å². The van der Waals surface area contributed by atoms with E-state index in [-0.39, 0.29) is 0 Å². The second kappa shape index (κ2) is 4.35. The second-order valence-corrected chi connectivity index (χ2v) is 3.63. The Morgan fingerprint density at radius 1 is 0.933 bits per heavy atom. The third kappa shape index (κ3) is 2.12. The van der Waals surface area contributed by atoms with Gasteiger partial charge in [-0.2, -0.15) is 0 Å². The lowest BCUT2D eigenvalue weighted by atomic mass is 10.1. The molecule has 0 radical (unpaired) electrons. The fourth-order valence-electron chi connectivity index (χ4n) is 1.75. The highest BCUT2D eigenvalue weighted by Crippen LogP contribution is 2.22. The first-order chi connectivity index (χ1) is 7.33. The number of hydrogen-bond donors (Lipinski definition) is 0. The Labute approximate surface area is 90.7 Å². The summed E-state index contributed by atoms with van der Waals surface area (Å²) in [7, 11) is 0. The molecule has 78 valence electrons. The molecule has 0 amide bonds. The van der Waals surface area contributed by atoms with Gasteiger partial charge in [0.05, 0.1) is 6.61 Å². The number of ether oxygens (including phenoxy) is 1. The van der Waals surface area contributed by atoms with Crippen molar-refractivity contribution < 1.29 is 4.74 Å². The van der Waals surface area contributed by atoms with Crippen molar-refractivity contribution in [1.82, 2.24) is 0 Å². The summed E-state index contributed by atoms with van der Waals surface area (Å²) in [5.41, 5.74) is 1.38. The molecule has 0 saturated heterocycles. The van der Waals surface area contributed by atoms with E-state index in [4.69, 9.17) is 4.74 Å². The van der Waals surface area contributed by atoms with E-state index in [0.29, 0.717) is 0 Å². The highest BCUT2D eigenvalue weighted by molar-refractivity contribution is 5.84. The molecular formula is C14H16O. The molecule has 0 atom stereocenters. The largest absolute Gasteiger partial charge is 0.494 e. The maximum atomic E-state index is 5.47. The Balaban J connectivity index is 2.45. The predicted molar refractivity (Wildman–Crippen MR) is 64.5 cm³/mol. The monoisotopic (exact) mass is 200 g/mol. The lowest BCUT2D eigenvalue weighted by Crippen LogP contribution is -1.90. The van der Waals surface area contributed by atoms with Crippen LogP contribution in [0, 0.1) is 0 Å². The number of hydrogen-bond acceptors (Lipinski definition) is 1. The van der Waals surface area contributed by atoms with Crippen molar-refractivity contribution in [3.05, 3.63) is 42.0 Å². The quantitative estimate of drug-likeness (QED) is 0.732. The van der Waals surface area contributed by atoms with E-state index in [2.05, 4.69) is 37.3 Å². The Bertz CT molecular complexity index is 460. The molecule has 0 heterocycles. The molecule has 2 aromatic rings. The van der Waals surface area contributed by atoms with E-state index in [9.17, 15) is 0 Å². The first-order valence-electron chi connectivity index (χ1n) is 5.49. The van der Waals surface area contributed by atoms with Crippen LogP contribution in [0.2, 0.25) is 0 Å². The van der Waals surface area contributed by atoms with Crippen LogP contribution in [0.15, 0.2) is 36.4 Å². The molecule has 0 saturated carbocycles. The van der Waals surface area contributed by atoms with Crippen molar-refractivity contribution in [2.45, 2.75) is 20.3 Å². The molecule has 0 aromatic heterocycles. The molecule has 2 rings (SSSR count). The van der Waals surface area contributed by atoms with Gasteiger partial charge in [-0.3, -0.25) is 0 Å². The van der Waals surface area contributed by atoms with Crippen LogP contribution in [0.25, 0.3) is 10.8 Å². The molecule has 0 N–H and O–H groups in total. The van der Waals surface area contributed by atoms with Crippen LogP contribution >= 0.6 is 0 Å². The van der Waals surface area contributed by atoms with E-state index in [1.54, 1.807) is 0 Å². The van der Waals surface area contributed by atoms with Gasteiger partial charge in [0.25, 0.3) is 0 Å². The number of aryl methyl sites for hydroxylation is 1. The standard InChI is InChI=1S/C14H16O/c1-3-11-5-6-13-10-14(15-4-2)8-7-12(13)9-11/h5-10H,3-4H2,1-2H3. The smallest absolute Gasteiger partial charge is 0.119 e. The Hall–Kier alpha value is -1.50. The van der Waals surface area contributed by atoms with Gasteiger partial charge >= 0.3 is 0 Å². The molecule has 0 unspecified atom stereocenters. The van der Waals surface area contributed by atoms with E-state index in [1.165, 1.54) is 16.3 Å². The highest BCUT2D eigenvalue weighted by atomic mass is 16.5. The summed E-state index contributed by atoms with van der Waals surface area (Å²) >= 11 is 0. The lowest BCUT2D eigenvalue weighted by molar-refractivity contribution is 0.341. The molecule has 0 fully saturated rings. The van der Waals surface area contributed by atoms with Gasteiger partial charge in [0.2, 0.25) is 0 Å². The van der Waals surface area contributed by atoms with Crippen LogP contribution in [0.1, 0.15) is 19.4 Å². The van der Waals surface area contributed by atoms with Crippen molar-refractivity contribution in [1.29, 1.82) is 0 Å². The summed E-state index contributed by atoms with van der Waals surface area (Å²) in [6, 6.07) is 12.8. The Kier molecular flexibility index (Phi) is 2.91. The Morgan fingerprint density at radius 3 is 2.40 bits per heavy atom. The average Bonchev–Trinajstić information content (AvgIpc) is 2.29. The lowest BCUT2D eigenvalue weighted by Gasteiger charge is -2.05. The minimum atomic E-state index is 0.721. The minimum Gasteiger partial charge on any atom is -0.494 e. The van der Waals surface area contributed by atoms with Crippen LogP contribution in [0.3, 0.4) is 0 Å². The minimum absolute atomic E-state index is 0.721. The maximum Gasteiger partial charge on any atom is 0.119 e. The molecule has 0 aliphatic rings. The van der Waals surface area contributed by atoms with Crippen molar-refractivity contribution in [2.24, 2.45) is 0 Å². The molecule has 0 aliphatic carbocycles. The van der Waals surface area contributed by atoms with Gasteiger partial charge in [-0.15, -0.1) is 0 Å². The number of fused-ring (bicyclic) bond motifs is 1. The zero-order valence-corrected chi connectivity index (χ0v) is 9.29. The molecule has 1 heteroatoms. The first-order valence-corrected chi connectivity index (χ1v) is 5.49. The van der Waals surface area contributed by atoms with Crippen molar-refractivity contribution >= 4 is 10.8 Å². The summed E-state index contributed by atoms with van der Waals surface area (Å²) in [5.74, 6) is 0.953. The van der Waals surface area contributed by atoms with Gasteiger partial charge in [0.1, 0.15) is 5.75 Å². The van der Waals surface area contributed by atoms with Crippen molar-refractivity contribution in [3.63, 3.8) is 0 Å². The summed E-state index contributed by atoms with van der Waals surface area (Å²) < 4.78 is 5.47. The normalized spacial score (nSPS) is 10.5. The van der Waals surface area contributed by atoms with E-state index in [1.807, 2.05) is 13.0 Å². The number of benzene rings is 2. The van der Waals surface area contributed by atoms with E-state index >= 15 is 0 Å². The van der Waals surface area contributed by atoms with Crippen LogP contribution in [0.5, 0.6) is 5.75 Å². The predicted octanol–water partition coefficient (Wildman–Crippen LogP) is 3.80. The van der Waals surface area contributed by atoms with E-state index in [0.717, 1.165) is 18.8 Å². The molecule has 2 aromatic carbocycles.